The van der Waals surface area contributed by atoms with Crippen LogP contribution in [-0.4, -0.2) is 42.2 Å². The van der Waals surface area contributed by atoms with E-state index in [1.165, 1.54) is 34.8 Å². The highest BCUT2D eigenvalue weighted by Crippen LogP contribution is 2.55. The Morgan fingerprint density at radius 3 is 2.81 bits per heavy atom. The highest BCUT2D eigenvalue weighted by atomic mass is 16.5. The van der Waals surface area contributed by atoms with Crippen LogP contribution in [0, 0.1) is 11.8 Å². The molecular weight excluding hydrogens is 340 g/mol. The molecule has 0 radical (unpaired) electrons. The van der Waals surface area contributed by atoms with Crippen molar-refractivity contribution in [2.75, 3.05) is 20.8 Å². The van der Waals surface area contributed by atoms with Gasteiger partial charge in [-0.05, 0) is 49.4 Å². The number of piperidine rings is 3. The molecule has 0 N–H and O–H groups in total. The Morgan fingerprint density at radius 1 is 1.30 bits per heavy atom. The molecule has 0 amide bonds. The molecule has 4 aliphatic rings. The number of hydrogen-bond acceptors (Lipinski definition) is 4. The van der Waals surface area contributed by atoms with E-state index in [0.717, 1.165) is 25.1 Å². The molecule has 4 aliphatic heterocycles. The second kappa shape index (κ2) is 5.86. The van der Waals surface area contributed by atoms with Crippen LogP contribution in [0.2, 0.25) is 0 Å². The van der Waals surface area contributed by atoms with Gasteiger partial charge in [0.15, 0.2) is 0 Å². The number of benzene rings is 1. The van der Waals surface area contributed by atoms with Gasteiger partial charge in [0, 0.05) is 36.2 Å². The first-order valence-corrected chi connectivity index (χ1v) is 9.72. The van der Waals surface area contributed by atoms with Gasteiger partial charge in [-0.25, -0.2) is 0 Å². The molecule has 142 valence electrons. The number of methoxy groups -OCH3 is 2. The predicted molar refractivity (Wildman–Crippen MR) is 104 cm³/mol. The second-order valence-corrected chi connectivity index (χ2v) is 8.02. The lowest BCUT2D eigenvalue weighted by Gasteiger charge is -2.57. The maximum atomic E-state index is 12.7. The van der Waals surface area contributed by atoms with Gasteiger partial charge >= 0.3 is 5.97 Å². The molecule has 0 saturated carbocycles. The number of esters is 1. The molecule has 0 spiro atoms. The minimum Gasteiger partial charge on any atom is -0.497 e. The molecule has 27 heavy (non-hydrogen) atoms. The second-order valence-electron chi connectivity index (χ2n) is 8.02. The summed E-state index contributed by atoms with van der Waals surface area (Å²) in [5.74, 6) is 1.05. The zero-order chi connectivity index (χ0) is 18.9. The van der Waals surface area contributed by atoms with E-state index in [9.17, 15) is 4.79 Å². The van der Waals surface area contributed by atoms with Gasteiger partial charge in [0.25, 0.3) is 0 Å². The summed E-state index contributed by atoms with van der Waals surface area (Å²) in [5.41, 5.74) is 5.43. The average molecular weight is 366 g/mol. The standard InChI is InChI=1S/C22H26N2O3/c1-5-12-11-24-18-10-16-15-8-13(26-3)6-7-17(15)23(2)21(16)19(24)9-14(12)20(18)22(25)27-4/h5-8,14,18-20H,9-11H2,1-4H3/b12-5-/t14-,18-,19-,20-/m0/s1. The van der Waals surface area contributed by atoms with E-state index in [4.69, 9.17) is 9.47 Å². The van der Waals surface area contributed by atoms with Crippen LogP contribution in [-0.2, 0) is 23.0 Å². The summed E-state index contributed by atoms with van der Waals surface area (Å²) in [6, 6.07) is 6.92. The first kappa shape index (κ1) is 16.9. The fourth-order valence-electron chi connectivity index (χ4n) is 5.94. The number of ether oxygens (including phenoxy) is 2. The summed E-state index contributed by atoms with van der Waals surface area (Å²) < 4.78 is 13.1. The zero-order valence-corrected chi connectivity index (χ0v) is 16.4. The molecule has 5 heterocycles. The lowest BCUT2D eigenvalue weighted by molar-refractivity contribution is -0.157. The van der Waals surface area contributed by atoms with Crippen molar-refractivity contribution in [3.05, 3.63) is 41.1 Å². The molecule has 5 atom stereocenters. The zero-order valence-electron chi connectivity index (χ0n) is 16.4. The first-order valence-electron chi connectivity index (χ1n) is 9.72. The Bertz CT molecular complexity index is 974. The van der Waals surface area contributed by atoms with Crippen molar-refractivity contribution in [1.29, 1.82) is 0 Å². The van der Waals surface area contributed by atoms with Gasteiger partial charge in [0.1, 0.15) is 5.75 Å². The van der Waals surface area contributed by atoms with Crippen molar-refractivity contribution >= 4 is 16.9 Å². The van der Waals surface area contributed by atoms with Crippen LogP contribution in [0.15, 0.2) is 29.8 Å². The highest BCUT2D eigenvalue weighted by molar-refractivity contribution is 5.88. The van der Waals surface area contributed by atoms with Crippen molar-refractivity contribution in [1.82, 2.24) is 9.47 Å². The summed E-state index contributed by atoms with van der Waals surface area (Å²) >= 11 is 0. The molecule has 5 nitrogen and oxygen atoms in total. The van der Waals surface area contributed by atoms with E-state index in [1.54, 1.807) is 7.11 Å². The molecule has 3 fully saturated rings. The number of nitrogens with zero attached hydrogens (tertiary/aromatic N) is 2. The Balaban J connectivity index is 1.70. The average Bonchev–Trinajstić information content (AvgIpc) is 2.98. The number of aromatic nitrogens is 1. The SMILES string of the molecule is C/C=C1/CN2[C@H]3C[C@@H]1[C@H](C(=O)OC)[C@@H]2Cc1c3n(C)c2ccc(OC)cc12. The fraction of sp³-hybridized carbons (Fsp3) is 0.500. The number of aryl methyl sites for hydroxylation is 1. The topological polar surface area (TPSA) is 43.7 Å². The molecule has 1 unspecified atom stereocenters. The molecule has 2 aromatic rings. The van der Waals surface area contributed by atoms with E-state index in [2.05, 4.69) is 41.6 Å². The van der Waals surface area contributed by atoms with Crippen LogP contribution in [0.1, 0.15) is 30.6 Å². The lowest BCUT2D eigenvalue weighted by atomic mass is 9.64. The van der Waals surface area contributed by atoms with Crippen LogP contribution >= 0.6 is 0 Å². The van der Waals surface area contributed by atoms with Gasteiger partial charge in [-0.15, -0.1) is 0 Å². The fourth-order valence-corrected chi connectivity index (χ4v) is 5.94. The van der Waals surface area contributed by atoms with Crippen molar-refractivity contribution in [3.63, 3.8) is 0 Å². The third-order valence-corrected chi connectivity index (χ3v) is 7.13. The minimum absolute atomic E-state index is 0.0613. The number of fused-ring (bicyclic) bond motifs is 4. The molecule has 1 aromatic heterocycles. The van der Waals surface area contributed by atoms with Gasteiger partial charge in [-0.1, -0.05) is 11.6 Å². The molecular formula is C22H26N2O3. The van der Waals surface area contributed by atoms with E-state index in [0.29, 0.717) is 12.0 Å². The monoisotopic (exact) mass is 366 g/mol. The molecule has 6 rings (SSSR count). The van der Waals surface area contributed by atoms with E-state index in [1.807, 2.05) is 6.07 Å². The van der Waals surface area contributed by atoms with Crippen LogP contribution < -0.4 is 4.74 Å². The van der Waals surface area contributed by atoms with Gasteiger partial charge in [-0.2, -0.15) is 0 Å². The normalized spacial score (nSPS) is 32.6. The molecule has 3 saturated heterocycles. The smallest absolute Gasteiger partial charge is 0.310 e. The highest BCUT2D eigenvalue weighted by Gasteiger charge is 2.56. The van der Waals surface area contributed by atoms with Crippen LogP contribution in [0.4, 0.5) is 0 Å². The Kier molecular flexibility index (Phi) is 3.66. The number of allylic oxidation sites excluding steroid dienone is 1. The number of carbonyl (C=O) groups excluding carboxylic acids is 1. The number of carbonyl (C=O) groups is 1. The largest absolute Gasteiger partial charge is 0.497 e. The Morgan fingerprint density at radius 2 is 2.11 bits per heavy atom. The summed E-state index contributed by atoms with van der Waals surface area (Å²) in [6.45, 7) is 3.06. The molecule has 0 aliphatic carbocycles. The maximum Gasteiger partial charge on any atom is 0.310 e. The predicted octanol–water partition coefficient (Wildman–Crippen LogP) is 3.22. The molecule has 4 bridgehead atoms. The first-order chi connectivity index (χ1) is 13.1. The van der Waals surface area contributed by atoms with Gasteiger partial charge in [0.05, 0.1) is 26.2 Å². The number of rotatable bonds is 2. The molecule has 1 aromatic carbocycles. The van der Waals surface area contributed by atoms with Crippen LogP contribution in [0.25, 0.3) is 10.9 Å². The van der Waals surface area contributed by atoms with Crippen molar-refractivity contribution in [2.45, 2.75) is 31.8 Å². The van der Waals surface area contributed by atoms with Gasteiger partial charge < -0.3 is 14.0 Å². The van der Waals surface area contributed by atoms with Crippen molar-refractivity contribution in [2.24, 2.45) is 18.9 Å². The third kappa shape index (κ3) is 2.12. The quantitative estimate of drug-likeness (QED) is 0.605. The van der Waals surface area contributed by atoms with E-state index < -0.39 is 0 Å². The van der Waals surface area contributed by atoms with Crippen molar-refractivity contribution < 1.29 is 14.3 Å². The van der Waals surface area contributed by atoms with Gasteiger partial charge in [0.2, 0.25) is 0 Å². The minimum atomic E-state index is -0.0692. The summed E-state index contributed by atoms with van der Waals surface area (Å²) in [4.78, 5) is 15.2. The van der Waals surface area contributed by atoms with Crippen LogP contribution in [0.5, 0.6) is 5.75 Å². The maximum absolute atomic E-state index is 12.7. The Labute approximate surface area is 159 Å². The molecule has 5 heteroatoms. The van der Waals surface area contributed by atoms with E-state index >= 15 is 0 Å². The lowest BCUT2D eigenvalue weighted by Crippen LogP contribution is -2.62. The third-order valence-electron chi connectivity index (χ3n) is 7.13. The van der Waals surface area contributed by atoms with Gasteiger partial charge in [-0.3, -0.25) is 9.69 Å². The Hall–Kier alpha value is -2.27. The van der Waals surface area contributed by atoms with Crippen LogP contribution in [0.3, 0.4) is 0 Å². The summed E-state index contributed by atoms with van der Waals surface area (Å²) in [7, 11) is 5.40. The van der Waals surface area contributed by atoms with Crippen molar-refractivity contribution in [3.8, 4) is 5.75 Å². The van der Waals surface area contributed by atoms with E-state index in [-0.39, 0.29) is 17.9 Å². The summed E-state index contributed by atoms with van der Waals surface area (Å²) in [6.07, 6.45) is 4.09. The summed E-state index contributed by atoms with van der Waals surface area (Å²) in [5, 5.41) is 1.26. The number of hydrogen-bond donors (Lipinski definition) is 0.